The van der Waals surface area contributed by atoms with Gasteiger partial charge in [0.15, 0.2) is 5.75 Å². The molecule has 0 unspecified atom stereocenters. The van der Waals surface area contributed by atoms with E-state index in [0.717, 1.165) is 6.42 Å². The Hall–Kier alpha value is -3.42. The van der Waals surface area contributed by atoms with E-state index >= 15 is 0 Å². The molecule has 25 heavy (non-hydrogen) atoms. The van der Waals surface area contributed by atoms with Crippen molar-refractivity contribution in [2.75, 3.05) is 11.9 Å². The molecule has 2 N–H and O–H groups in total. The number of anilines is 1. The number of benzene rings is 2. The van der Waals surface area contributed by atoms with Crippen LogP contribution in [0.3, 0.4) is 0 Å². The number of ether oxygens (including phenoxy) is 1. The van der Waals surface area contributed by atoms with Crippen LogP contribution in [0.5, 0.6) is 5.75 Å². The van der Waals surface area contributed by atoms with Gasteiger partial charge in [0.1, 0.15) is 0 Å². The predicted octanol–water partition coefficient (Wildman–Crippen LogP) is 3.54. The number of hydrogen-bond donors (Lipinski definition) is 2. The Morgan fingerprint density at radius 2 is 2.04 bits per heavy atom. The molecule has 0 spiro atoms. The van der Waals surface area contributed by atoms with E-state index in [1.807, 2.05) is 13.0 Å². The highest BCUT2D eigenvalue weighted by atomic mass is 16.6. The molecule has 0 aliphatic heterocycles. The molecule has 0 saturated carbocycles. The third-order valence-electron chi connectivity index (χ3n) is 3.05. The fraction of sp³-hybridized carbons (Fsp3) is 0.176. The van der Waals surface area contributed by atoms with Crippen molar-refractivity contribution < 1.29 is 14.5 Å². The normalized spacial score (nSPS) is 10.4. The molecular weight excluding hydrogens is 324 g/mol. The van der Waals surface area contributed by atoms with E-state index in [2.05, 4.69) is 15.8 Å². The van der Waals surface area contributed by atoms with Gasteiger partial charge in [-0.1, -0.05) is 25.1 Å². The van der Waals surface area contributed by atoms with E-state index < -0.39 is 11.0 Å². The summed E-state index contributed by atoms with van der Waals surface area (Å²) in [5.41, 5.74) is 3.24. The van der Waals surface area contributed by atoms with Crippen LogP contribution in [0.1, 0.15) is 18.9 Å². The summed E-state index contributed by atoms with van der Waals surface area (Å²) in [6, 6.07) is 12.9. The van der Waals surface area contributed by atoms with Crippen LogP contribution in [0, 0.1) is 10.1 Å². The number of nitro benzene ring substituents is 1. The fourth-order valence-corrected chi connectivity index (χ4v) is 1.94. The third-order valence-corrected chi connectivity index (χ3v) is 3.05. The van der Waals surface area contributed by atoms with Crippen molar-refractivity contribution in [1.29, 1.82) is 0 Å². The number of nitrogens with zero attached hydrogens (tertiary/aromatic N) is 2. The maximum Gasteiger partial charge on any atom is 0.339 e. The molecule has 8 heteroatoms. The van der Waals surface area contributed by atoms with Crippen LogP contribution in [-0.4, -0.2) is 23.8 Å². The van der Waals surface area contributed by atoms with Gasteiger partial charge in [-0.15, -0.1) is 0 Å². The molecule has 0 fully saturated rings. The SMILES string of the molecule is CCCOc1ccc(/C=N/NC(=O)Nc2ccccc2)cc1[N+](=O)[O-]. The second-order valence-corrected chi connectivity index (χ2v) is 5.02. The summed E-state index contributed by atoms with van der Waals surface area (Å²) in [5.74, 6) is 0.207. The van der Waals surface area contributed by atoms with Gasteiger partial charge < -0.3 is 10.1 Å². The Morgan fingerprint density at radius 1 is 1.28 bits per heavy atom. The molecule has 0 bridgehead atoms. The Balaban J connectivity index is 1.99. The molecule has 8 nitrogen and oxygen atoms in total. The molecule has 0 heterocycles. The third kappa shape index (κ3) is 5.61. The topological polar surface area (TPSA) is 106 Å². The van der Waals surface area contributed by atoms with Gasteiger partial charge in [-0.3, -0.25) is 10.1 Å². The number of hydrazone groups is 1. The first-order chi connectivity index (χ1) is 12.1. The van der Waals surface area contributed by atoms with Crippen molar-refractivity contribution >= 4 is 23.6 Å². The van der Waals surface area contributed by atoms with Crippen molar-refractivity contribution in [1.82, 2.24) is 5.43 Å². The minimum absolute atomic E-state index is 0.147. The number of amides is 2. The highest BCUT2D eigenvalue weighted by molar-refractivity contribution is 5.90. The first kappa shape index (κ1) is 17.9. The molecule has 0 radical (unpaired) electrons. The van der Waals surface area contributed by atoms with Crippen molar-refractivity contribution in [2.24, 2.45) is 5.10 Å². The lowest BCUT2D eigenvalue weighted by atomic mass is 10.2. The summed E-state index contributed by atoms with van der Waals surface area (Å²) in [7, 11) is 0. The number of nitro groups is 1. The minimum atomic E-state index is -0.516. The van der Waals surface area contributed by atoms with Gasteiger partial charge in [-0.05, 0) is 30.7 Å². The molecular formula is C17H18N4O4. The lowest BCUT2D eigenvalue weighted by molar-refractivity contribution is -0.385. The van der Waals surface area contributed by atoms with Crippen LogP contribution in [-0.2, 0) is 0 Å². The monoisotopic (exact) mass is 342 g/mol. The van der Waals surface area contributed by atoms with E-state index in [1.54, 1.807) is 30.3 Å². The lowest BCUT2D eigenvalue weighted by Crippen LogP contribution is -2.24. The summed E-state index contributed by atoms with van der Waals surface area (Å²) in [6.45, 7) is 2.31. The van der Waals surface area contributed by atoms with Crippen LogP contribution in [0.4, 0.5) is 16.2 Å². The lowest BCUT2D eigenvalue weighted by Gasteiger charge is -2.06. The van der Waals surface area contributed by atoms with Crippen LogP contribution in [0.2, 0.25) is 0 Å². The van der Waals surface area contributed by atoms with Gasteiger partial charge in [0.05, 0.1) is 17.7 Å². The molecule has 0 saturated heterocycles. The standard InChI is InChI=1S/C17H18N4O4/c1-2-10-25-16-9-8-13(11-15(16)21(23)24)12-18-20-17(22)19-14-6-4-3-5-7-14/h3-9,11-12H,2,10H2,1H3,(H2,19,20,22)/b18-12+. The average molecular weight is 342 g/mol. The highest BCUT2D eigenvalue weighted by Gasteiger charge is 2.15. The predicted molar refractivity (Wildman–Crippen MR) is 95.1 cm³/mol. The molecule has 0 aromatic heterocycles. The Kier molecular flexibility index (Phi) is 6.47. The molecule has 0 atom stereocenters. The average Bonchev–Trinajstić information content (AvgIpc) is 2.61. The zero-order valence-electron chi connectivity index (χ0n) is 13.6. The Labute approximate surface area is 144 Å². The molecule has 2 rings (SSSR count). The molecule has 130 valence electrons. The van der Waals surface area contributed by atoms with Gasteiger partial charge >= 0.3 is 11.7 Å². The number of hydrogen-bond acceptors (Lipinski definition) is 5. The first-order valence-electron chi connectivity index (χ1n) is 7.66. The number of carbonyl (C=O) groups is 1. The zero-order chi connectivity index (χ0) is 18.1. The molecule has 2 aromatic rings. The number of carbonyl (C=O) groups excluding carboxylic acids is 1. The number of para-hydroxylation sites is 1. The highest BCUT2D eigenvalue weighted by Crippen LogP contribution is 2.27. The first-order valence-corrected chi connectivity index (χ1v) is 7.66. The largest absolute Gasteiger partial charge is 0.487 e. The van der Waals surface area contributed by atoms with Crippen LogP contribution in [0.15, 0.2) is 53.6 Å². The van der Waals surface area contributed by atoms with Crippen molar-refractivity contribution in [3.63, 3.8) is 0 Å². The van der Waals surface area contributed by atoms with E-state index in [1.165, 1.54) is 18.3 Å². The van der Waals surface area contributed by atoms with Gasteiger partial charge in [0.2, 0.25) is 0 Å². The van der Waals surface area contributed by atoms with Gasteiger partial charge in [0, 0.05) is 17.3 Å². The second-order valence-electron chi connectivity index (χ2n) is 5.02. The van der Waals surface area contributed by atoms with Crippen LogP contribution in [0.25, 0.3) is 0 Å². The summed E-state index contributed by atoms with van der Waals surface area (Å²) in [6.07, 6.45) is 2.07. The number of urea groups is 1. The summed E-state index contributed by atoms with van der Waals surface area (Å²) >= 11 is 0. The number of nitrogens with one attached hydrogen (secondary N) is 2. The van der Waals surface area contributed by atoms with Gasteiger partial charge in [-0.2, -0.15) is 5.10 Å². The minimum Gasteiger partial charge on any atom is -0.487 e. The zero-order valence-corrected chi connectivity index (χ0v) is 13.6. The molecule has 2 amide bonds. The molecule has 0 aliphatic carbocycles. The van der Waals surface area contributed by atoms with Gasteiger partial charge in [0.25, 0.3) is 0 Å². The van der Waals surface area contributed by atoms with Crippen molar-refractivity contribution in [3.8, 4) is 5.75 Å². The quantitative estimate of drug-likeness (QED) is 0.456. The van der Waals surface area contributed by atoms with E-state index in [9.17, 15) is 14.9 Å². The van der Waals surface area contributed by atoms with E-state index in [0.29, 0.717) is 17.9 Å². The molecule has 0 aliphatic rings. The van der Waals surface area contributed by atoms with Crippen LogP contribution >= 0.6 is 0 Å². The van der Waals surface area contributed by atoms with E-state index in [-0.39, 0.29) is 11.4 Å². The summed E-state index contributed by atoms with van der Waals surface area (Å²) < 4.78 is 5.35. The van der Waals surface area contributed by atoms with E-state index in [4.69, 9.17) is 4.74 Å². The smallest absolute Gasteiger partial charge is 0.339 e. The number of rotatable bonds is 7. The molecule has 2 aromatic carbocycles. The summed E-state index contributed by atoms with van der Waals surface area (Å²) in [4.78, 5) is 22.3. The fourth-order valence-electron chi connectivity index (χ4n) is 1.94. The van der Waals surface area contributed by atoms with Crippen molar-refractivity contribution in [2.45, 2.75) is 13.3 Å². The van der Waals surface area contributed by atoms with Crippen LogP contribution < -0.4 is 15.5 Å². The summed E-state index contributed by atoms with van der Waals surface area (Å²) in [5, 5.41) is 17.5. The maximum atomic E-state index is 11.7. The van der Waals surface area contributed by atoms with Gasteiger partial charge in [-0.25, -0.2) is 10.2 Å². The second kappa shape index (κ2) is 9.02. The van der Waals surface area contributed by atoms with Crippen molar-refractivity contribution in [3.05, 3.63) is 64.2 Å². The Morgan fingerprint density at radius 3 is 2.72 bits per heavy atom. The Bertz CT molecular complexity index is 762. The maximum absolute atomic E-state index is 11.7.